The van der Waals surface area contributed by atoms with Crippen LogP contribution in [-0.4, -0.2) is 45.4 Å². The summed E-state index contributed by atoms with van der Waals surface area (Å²) in [5.74, 6) is 1.45. The molecule has 31 heavy (non-hydrogen) atoms. The van der Waals surface area contributed by atoms with E-state index in [1.165, 1.54) is 16.9 Å². The molecule has 1 atom stereocenters. The number of carbonyl (C=O) groups excluding carboxylic acids is 1. The molecule has 162 valence electrons. The number of thiophene rings is 1. The number of piperidine rings is 2. The van der Waals surface area contributed by atoms with Gasteiger partial charge in [-0.2, -0.15) is 0 Å². The van der Waals surface area contributed by atoms with Gasteiger partial charge in [-0.15, -0.1) is 11.3 Å². The number of aromatic nitrogens is 3. The third kappa shape index (κ3) is 4.03. The molecule has 5 heterocycles. The number of amides is 1. The van der Waals surface area contributed by atoms with Gasteiger partial charge >= 0.3 is 0 Å². The zero-order chi connectivity index (χ0) is 21.2. The molecule has 0 aromatic carbocycles. The minimum absolute atomic E-state index is 0.0968. The fraction of sp³-hybridized carbons (Fsp3) is 0.500. The highest BCUT2D eigenvalue weighted by molar-refractivity contribution is 7.18. The lowest BCUT2D eigenvalue weighted by Gasteiger charge is -2.40. The van der Waals surface area contributed by atoms with Crippen LogP contribution < -0.4 is 4.90 Å². The van der Waals surface area contributed by atoms with Crippen LogP contribution in [0.25, 0.3) is 10.2 Å². The van der Waals surface area contributed by atoms with Crippen LogP contribution in [0.15, 0.2) is 36.9 Å². The summed E-state index contributed by atoms with van der Waals surface area (Å²) in [6.45, 7) is 4.77. The number of rotatable bonds is 4. The van der Waals surface area contributed by atoms with Gasteiger partial charge in [0, 0.05) is 42.8 Å². The second-order valence-electron chi connectivity index (χ2n) is 8.57. The summed E-state index contributed by atoms with van der Waals surface area (Å²) in [5.41, 5.74) is 1.17. The number of aryl methyl sites for hydroxylation is 1. The Labute approximate surface area is 187 Å². The molecule has 0 saturated carbocycles. The molecule has 5 rings (SSSR count). The van der Waals surface area contributed by atoms with Crippen LogP contribution in [0.2, 0.25) is 0 Å². The topological polar surface area (TPSA) is 62.2 Å². The van der Waals surface area contributed by atoms with Gasteiger partial charge in [-0.1, -0.05) is 13.0 Å². The SMILES string of the molecule is CCc1cc2c(N3CCC(C(=O)N4CCCC[C@@H]4c4cccnc4)CC3)ncnc2s1. The van der Waals surface area contributed by atoms with Crippen molar-refractivity contribution in [3.05, 3.63) is 47.4 Å². The van der Waals surface area contributed by atoms with Crippen molar-refractivity contribution in [2.45, 2.75) is 51.5 Å². The molecule has 0 unspecified atom stereocenters. The van der Waals surface area contributed by atoms with E-state index in [1.807, 2.05) is 12.3 Å². The van der Waals surface area contributed by atoms with Crippen molar-refractivity contribution in [1.29, 1.82) is 0 Å². The molecule has 2 fully saturated rings. The number of fused-ring (bicyclic) bond motifs is 1. The third-order valence-corrected chi connectivity index (χ3v) is 7.89. The summed E-state index contributed by atoms with van der Waals surface area (Å²) in [5, 5.41) is 1.15. The molecular weight excluding hydrogens is 406 g/mol. The lowest BCUT2D eigenvalue weighted by atomic mass is 9.90. The van der Waals surface area contributed by atoms with Crippen LogP contribution in [0.3, 0.4) is 0 Å². The maximum absolute atomic E-state index is 13.5. The van der Waals surface area contributed by atoms with Crippen molar-refractivity contribution in [3.63, 3.8) is 0 Å². The van der Waals surface area contributed by atoms with E-state index in [1.54, 1.807) is 23.9 Å². The second-order valence-corrected chi connectivity index (χ2v) is 9.69. The van der Waals surface area contributed by atoms with Crippen LogP contribution in [-0.2, 0) is 11.2 Å². The first-order valence-electron chi connectivity index (χ1n) is 11.4. The highest BCUT2D eigenvalue weighted by atomic mass is 32.1. The number of pyridine rings is 1. The first kappa shape index (κ1) is 20.4. The molecule has 1 amide bonds. The minimum Gasteiger partial charge on any atom is -0.356 e. The molecular formula is C24H29N5OS. The van der Waals surface area contributed by atoms with Gasteiger partial charge in [0.15, 0.2) is 0 Å². The Balaban J connectivity index is 1.29. The van der Waals surface area contributed by atoms with Crippen molar-refractivity contribution in [2.75, 3.05) is 24.5 Å². The fourth-order valence-corrected chi connectivity index (χ4v) is 5.94. The molecule has 2 aliphatic heterocycles. The van der Waals surface area contributed by atoms with E-state index in [9.17, 15) is 4.79 Å². The molecule has 2 aliphatic rings. The molecule has 3 aromatic heterocycles. The molecule has 0 N–H and O–H groups in total. The maximum Gasteiger partial charge on any atom is 0.226 e. The minimum atomic E-state index is 0.0968. The van der Waals surface area contributed by atoms with Gasteiger partial charge in [0.05, 0.1) is 11.4 Å². The zero-order valence-corrected chi connectivity index (χ0v) is 18.9. The van der Waals surface area contributed by atoms with Crippen LogP contribution in [0, 0.1) is 5.92 Å². The number of hydrogen-bond donors (Lipinski definition) is 0. The number of likely N-dealkylation sites (tertiary alicyclic amines) is 1. The van der Waals surface area contributed by atoms with Gasteiger partial charge in [-0.25, -0.2) is 9.97 Å². The zero-order valence-electron chi connectivity index (χ0n) is 18.0. The van der Waals surface area contributed by atoms with Crippen molar-refractivity contribution in [3.8, 4) is 0 Å². The number of hydrogen-bond acceptors (Lipinski definition) is 6. The van der Waals surface area contributed by atoms with Crippen molar-refractivity contribution >= 4 is 33.3 Å². The van der Waals surface area contributed by atoms with Crippen LogP contribution >= 0.6 is 11.3 Å². The summed E-state index contributed by atoms with van der Waals surface area (Å²) >= 11 is 1.75. The summed E-state index contributed by atoms with van der Waals surface area (Å²) in [4.78, 5) is 33.7. The van der Waals surface area contributed by atoms with Crippen LogP contribution in [0.1, 0.15) is 55.5 Å². The standard InChI is InChI=1S/C24H29N5OS/c1-2-19-14-20-22(26-16-27-23(20)31-19)28-12-8-17(9-13-28)24(30)29-11-4-3-7-21(29)18-6-5-10-25-15-18/h5-6,10,14-17,21H,2-4,7-9,11-13H2,1H3/t21-/m1/s1. The predicted octanol–water partition coefficient (Wildman–Crippen LogP) is 4.62. The first-order chi connectivity index (χ1) is 15.2. The van der Waals surface area contributed by atoms with E-state index in [4.69, 9.17) is 0 Å². The van der Waals surface area contributed by atoms with Crippen LogP contribution in [0.5, 0.6) is 0 Å². The van der Waals surface area contributed by atoms with E-state index < -0.39 is 0 Å². The smallest absolute Gasteiger partial charge is 0.226 e. The predicted molar refractivity (Wildman–Crippen MR) is 124 cm³/mol. The third-order valence-electron chi connectivity index (χ3n) is 6.71. The summed E-state index contributed by atoms with van der Waals surface area (Å²) in [6.07, 6.45) is 11.5. The van der Waals surface area contributed by atoms with Gasteiger partial charge in [0.25, 0.3) is 0 Å². The first-order valence-corrected chi connectivity index (χ1v) is 12.2. The molecule has 6 nitrogen and oxygen atoms in total. The largest absolute Gasteiger partial charge is 0.356 e. The van der Waals surface area contributed by atoms with Gasteiger partial charge in [-0.3, -0.25) is 9.78 Å². The summed E-state index contributed by atoms with van der Waals surface area (Å²) in [6, 6.07) is 6.49. The van der Waals surface area contributed by atoms with Gasteiger partial charge in [0.1, 0.15) is 17.0 Å². The quantitative estimate of drug-likeness (QED) is 0.598. The lowest BCUT2D eigenvalue weighted by Crippen LogP contribution is -2.45. The lowest BCUT2D eigenvalue weighted by molar-refractivity contribution is -0.140. The average Bonchev–Trinajstić information content (AvgIpc) is 3.28. The Kier molecular flexibility index (Phi) is 5.85. The van der Waals surface area contributed by atoms with E-state index in [0.29, 0.717) is 5.91 Å². The van der Waals surface area contributed by atoms with Crippen molar-refractivity contribution < 1.29 is 4.79 Å². The molecule has 0 bridgehead atoms. The normalized spacial score (nSPS) is 20.4. The van der Waals surface area contributed by atoms with Gasteiger partial charge in [-0.05, 0) is 56.2 Å². The average molecular weight is 436 g/mol. The molecule has 2 saturated heterocycles. The summed E-state index contributed by atoms with van der Waals surface area (Å²) in [7, 11) is 0. The Morgan fingerprint density at radius 1 is 1.16 bits per heavy atom. The molecule has 0 aliphatic carbocycles. The van der Waals surface area contributed by atoms with Gasteiger partial charge in [0.2, 0.25) is 5.91 Å². The monoisotopic (exact) mass is 435 g/mol. The Bertz CT molecular complexity index is 1040. The van der Waals surface area contributed by atoms with E-state index >= 15 is 0 Å². The molecule has 7 heteroatoms. The van der Waals surface area contributed by atoms with Crippen LogP contribution in [0.4, 0.5) is 5.82 Å². The number of anilines is 1. The Morgan fingerprint density at radius 2 is 2.03 bits per heavy atom. The fourth-order valence-electron chi connectivity index (χ4n) is 5.01. The van der Waals surface area contributed by atoms with Gasteiger partial charge < -0.3 is 9.80 Å². The second kappa shape index (κ2) is 8.91. The van der Waals surface area contributed by atoms with Crippen molar-refractivity contribution in [2.24, 2.45) is 5.92 Å². The summed E-state index contributed by atoms with van der Waals surface area (Å²) < 4.78 is 0. The van der Waals surface area contributed by atoms with E-state index in [2.05, 4.69) is 43.8 Å². The van der Waals surface area contributed by atoms with E-state index in [0.717, 1.165) is 67.8 Å². The highest BCUT2D eigenvalue weighted by Crippen LogP contribution is 2.35. The molecule has 0 spiro atoms. The maximum atomic E-state index is 13.5. The molecule has 0 radical (unpaired) electrons. The highest BCUT2D eigenvalue weighted by Gasteiger charge is 2.34. The Morgan fingerprint density at radius 3 is 2.81 bits per heavy atom. The van der Waals surface area contributed by atoms with E-state index in [-0.39, 0.29) is 12.0 Å². The van der Waals surface area contributed by atoms with Crippen molar-refractivity contribution in [1.82, 2.24) is 19.9 Å². The Hall–Kier alpha value is -2.54. The number of nitrogens with zero attached hydrogens (tertiary/aromatic N) is 5. The number of carbonyl (C=O) groups is 1. The molecule has 3 aromatic rings.